The molecule has 3 heteroatoms. The summed E-state index contributed by atoms with van der Waals surface area (Å²) in [6.45, 7) is 2.24. The first-order valence-corrected chi connectivity index (χ1v) is 8.66. The van der Waals surface area contributed by atoms with E-state index in [0.29, 0.717) is 24.8 Å². The minimum atomic E-state index is 0.140. The molecule has 2 atom stereocenters. The lowest BCUT2D eigenvalue weighted by Gasteiger charge is -2.29. The molecule has 1 saturated carbocycles. The van der Waals surface area contributed by atoms with Crippen molar-refractivity contribution < 1.29 is 9.21 Å². The smallest absolute Gasteiger partial charge is 0.220 e. The number of nitrogens with one attached hydrogen (secondary N) is 1. The highest BCUT2D eigenvalue weighted by molar-refractivity contribution is 5.76. The zero-order valence-corrected chi connectivity index (χ0v) is 13.8. The van der Waals surface area contributed by atoms with Crippen LogP contribution < -0.4 is 5.32 Å². The number of aryl methyl sites for hydroxylation is 1. The number of hydrogen-bond donors (Lipinski definition) is 1. The van der Waals surface area contributed by atoms with E-state index in [1.54, 1.807) is 0 Å². The van der Waals surface area contributed by atoms with Gasteiger partial charge in [-0.15, -0.1) is 0 Å². The molecule has 0 bridgehead atoms. The fraction of sp³-hybridized carbons (Fsp3) is 0.450. The number of amides is 1. The molecule has 0 radical (unpaired) electrons. The molecule has 0 aliphatic heterocycles. The van der Waals surface area contributed by atoms with E-state index < -0.39 is 0 Å². The van der Waals surface area contributed by atoms with Crippen molar-refractivity contribution in [3.8, 4) is 11.3 Å². The average Bonchev–Trinajstić information content (AvgIpc) is 3.05. The fourth-order valence-electron chi connectivity index (χ4n) is 3.32. The van der Waals surface area contributed by atoms with Gasteiger partial charge in [0, 0.05) is 24.4 Å². The zero-order valence-electron chi connectivity index (χ0n) is 13.8. The Kier molecular flexibility index (Phi) is 5.16. The van der Waals surface area contributed by atoms with Crippen LogP contribution in [0.1, 0.15) is 44.8 Å². The second-order valence-corrected chi connectivity index (χ2v) is 6.57. The summed E-state index contributed by atoms with van der Waals surface area (Å²) in [5.74, 6) is 2.47. The summed E-state index contributed by atoms with van der Waals surface area (Å²) in [4.78, 5) is 12.2. The molecule has 1 fully saturated rings. The summed E-state index contributed by atoms with van der Waals surface area (Å²) >= 11 is 0. The van der Waals surface area contributed by atoms with Gasteiger partial charge in [-0.2, -0.15) is 0 Å². The van der Waals surface area contributed by atoms with E-state index >= 15 is 0 Å². The second-order valence-electron chi connectivity index (χ2n) is 6.57. The summed E-state index contributed by atoms with van der Waals surface area (Å²) in [6.07, 6.45) is 6.01. The third-order valence-electron chi connectivity index (χ3n) is 4.78. The predicted molar refractivity (Wildman–Crippen MR) is 92.0 cm³/mol. The molecule has 2 unspecified atom stereocenters. The minimum Gasteiger partial charge on any atom is -0.461 e. The van der Waals surface area contributed by atoms with Crippen molar-refractivity contribution in [3.63, 3.8) is 0 Å². The summed E-state index contributed by atoms with van der Waals surface area (Å²) in [7, 11) is 0. The highest BCUT2D eigenvalue weighted by Crippen LogP contribution is 2.24. The van der Waals surface area contributed by atoms with Gasteiger partial charge in [0.05, 0.1) is 0 Å². The molecule has 3 nitrogen and oxygen atoms in total. The summed E-state index contributed by atoms with van der Waals surface area (Å²) in [5, 5.41) is 3.20. The summed E-state index contributed by atoms with van der Waals surface area (Å²) in [5.41, 5.74) is 1.07. The van der Waals surface area contributed by atoms with Crippen molar-refractivity contribution in [1.82, 2.24) is 5.32 Å². The van der Waals surface area contributed by atoms with Crippen LogP contribution in [0.3, 0.4) is 0 Å². The lowest BCUT2D eigenvalue weighted by Crippen LogP contribution is -2.41. The number of benzene rings is 1. The molecule has 1 heterocycles. The van der Waals surface area contributed by atoms with Crippen LogP contribution in [0.2, 0.25) is 0 Å². The molecule has 23 heavy (non-hydrogen) atoms. The van der Waals surface area contributed by atoms with Gasteiger partial charge in [-0.3, -0.25) is 4.79 Å². The van der Waals surface area contributed by atoms with Gasteiger partial charge in [-0.25, -0.2) is 0 Å². The van der Waals surface area contributed by atoms with E-state index in [2.05, 4.69) is 12.2 Å². The van der Waals surface area contributed by atoms with Gasteiger partial charge < -0.3 is 9.73 Å². The number of hydrogen-bond acceptors (Lipinski definition) is 2. The maximum Gasteiger partial charge on any atom is 0.220 e. The molecule has 2 aromatic rings. The first-order chi connectivity index (χ1) is 11.2. The molecule has 1 aromatic carbocycles. The predicted octanol–water partition coefficient (Wildman–Crippen LogP) is 4.57. The van der Waals surface area contributed by atoms with Crippen LogP contribution >= 0.6 is 0 Å². The Morgan fingerprint density at radius 3 is 2.70 bits per heavy atom. The Balaban J connectivity index is 1.50. The highest BCUT2D eigenvalue weighted by Gasteiger charge is 2.22. The molecule has 1 aliphatic carbocycles. The van der Waals surface area contributed by atoms with Crippen LogP contribution in [-0.4, -0.2) is 11.9 Å². The van der Waals surface area contributed by atoms with Gasteiger partial charge in [-0.1, -0.05) is 50.1 Å². The van der Waals surface area contributed by atoms with Crippen molar-refractivity contribution in [2.24, 2.45) is 5.92 Å². The van der Waals surface area contributed by atoms with Gasteiger partial charge in [-0.05, 0) is 30.9 Å². The Morgan fingerprint density at radius 2 is 1.91 bits per heavy atom. The van der Waals surface area contributed by atoms with E-state index in [1.165, 1.54) is 19.3 Å². The number of rotatable bonds is 5. The number of furan rings is 1. The fourth-order valence-corrected chi connectivity index (χ4v) is 3.32. The molecule has 0 saturated heterocycles. The van der Waals surface area contributed by atoms with Gasteiger partial charge in [0.2, 0.25) is 5.91 Å². The molecular weight excluding hydrogens is 286 g/mol. The van der Waals surface area contributed by atoms with Crippen LogP contribution in [0.25, 0.3) is 11.3 Å². The zero-order chi connectivity index (χ0) is 16.1. The Bertz CT molecular complexity index is 632. The lowest BCUT2D eigenvalue weighted by atomic mass is 9.86. The first kappa shape index (κ1) is 15.9. The van der Waals surface area contributed by atoms with E-state index in [1.807, 2.05) is 42.5 Å². The maximum absolute atomic E-state index is 12.2. The summed E-state index contributed by atoms with van der Waals surface area (Å²) < 4.78 is 5.85. The topological polar surface area (TPSA) is 42.2 Å². The molecular formula is C20H25NO2. The van der Waals surface area contributed by atoms with E-state index in [-0.39, 0.29) is 5.91 Å². The lowest BCUT2D eigenvalue weighted by molar-refractivity contribution is -0.122. The second kappa shape index (κ2) is 7.49. The molecule has 3 rings (SSSR count). The Hall–Kier alpha value is -2.03. The Morgan fingerprint density at radius 1 is 1.13 bits per heavy atom. The molecule has 122 valence electrons. The van der Waals surface area contributed by atoms with Gasteiger partial charge >= 0.3 is 0 Å². The van der Waals surface area contributed by atoms with Gasteiger partial charge in [0.15, 0.2) is 0 Å². The molecule has 1 aromatic heterocycles. The largest absolute Gasteiger partial charge is 0.461 e. The van der Waals surface area contributed by atoms with Crippen molar-refractivity contribution >= 4 is 5.91 Å². The third kappa shape index (κ3) is 4.25. The van der Waals surface area contributed by atoms with Gasteiger partial charge in [0.1, 0.15) is 11.5 Å². The molecule has 1 N–H and O–H groups in total. The number of carbonyl (C=O) groups excluding carboxylic acids is 1. The van der Waals surface area contributed by atoms with Crippen LogP contribution in [0.15, 0.2) is 46.9 Å². The number of carbonyl (C=O) groups is 1. The van der Waals surface area contributed by atoms with Crippen molar-refractivity contribution in [2.45, 2.75) is 51.5 Å². The average molecular weight is 311 g/mol. The van der Waals surface area contributed by atoms with E-state index in [4.69, 9.17) is 4.42 Å². The van der Waals surface area contributed by atoms with Crippen LogP contribution in [-0.2, 0) is 11.2 Å². The van der Waals surface area contributed by atoms with Crippen LogP contribution in [0.4, 0.5) is 0 Å². The van der Waals surface area contributed by atoms with Crippen molar-refractivity contribution in [3.05, 3.63) is 48.2 Å². The quantitative estimate of drug-likeness (QED) is 0.878. The monoisotopic (exact) mass is 311 g/mol. The first-order valence-electron chi connectivity index (χ1n) is 8.66. The SMILES string of the molecule is CC1CCCCC1NC(=O)CCc1ccc(-c2ccccc2)o1. The standard InChI is InChI=1S/C20H25NO2/c1-15-7-5-6-10-18(15)21-20(22)14-12-17-11-13-19(23-17)16-8-3-2-4-9-16/h2-4,8-9,11,13,15,18H,5-7,10,12,14H2,1H3,(H,21,22). The minimum absolute atomic E-state index is 0.140. The van der Waals surface area contributed by atoms with E-state index in [9.17, 15) is 4.79 Å². The normalized spacial score (nSPS) is 21.1. The molecule has 1 aliphatic rings. The maximum atomic E-state index is 12.2. The highest BCUT2D eigenvalue weighted by atomic mass is 16.3. The van der Waals surface area contributed by atoms with Gasteiger partial charge in [0.25, 0.3) is 0 Å². The molecule has 1 amide bonds. The van der Waals surface area contributed by atoms with E-state index in [0.717, 1.165) is 23.5 Å². The van der Waals surface area contributed by atoms with Crippen LogP contribution in [0.5, 0.6) is 0 Å². The van der Waals surface area contributed by atoms with Crippen molar-refractivity contribution in [1.29, 1.82) is 0 Å². The van der Waals surface area contributed by atoms with Crippen LogP contribution in [0, 0.1) is 5.92 Å². The third-order valence-corrected chi connectivity index (χ3v) is 4.78. The molecule has 0 spiro atoms. The van der Waals surface area contributed by atoms with Crippen molar-refractivity contribution in [2.75, 3.05) is 0 Å². The Labute approximate surface area is 138 Å². The summed E-state index contributed by atoms with van der Waals surface area (Å²) in [6, 6.07) is 14.3.